The predicted molar refractivity (Wildman–Crippen MR) is 100 cm³/mol. The maximum absolute atomic E-state index is 12.6. The topological polar surface area (TPSA) is 49.3 Å². The number of fused-ring (bicyclic) bond motifs is 5. The van der Waals surface area contributed by atoms with Crippen LogP contribution in [-0.2, 0) is 4.79 Å². The third-order valence-electron chi connectivity index (χ3n) is 9.23. The Hall–Kier alpha value is -1.04. The average molecular weight is 399 g/mol. The van der Waals surface area contributed by atoms with Crippen LogP contribution in [0.2, 0.25) is 0 Å². The first-order valence-corrected chi connectivity index (χ1v) is 10.7. The van der Waals surface area contributed by atoms with Crippen LogP contribution in [-0.4, -0.2) is 29.3 Å². The molecule has 28 heavy (non-hydrogen) atoms. The largest absolute Gasteiger partial charge is 0.471 e. The Kier molecular flexibility index (Phi) is 4.68. The van der Waals surface area contributed by atoms with Gasteiger partial charge in [-0.25, -0.2) is 0 Å². The molecule has 0 heterocycles. The molecule has 0 radical (unpaired) electrons. The molecule has 4 aliphatic carbocycles. The molecule has 4 fully saturated rings. The second-order valence-electron chi connectivity index (χ2n) is 10.3. The van der Waals surface area contributed by atoms with Crippen LogP contribution in [0.25, 0.3) is 0 Å². The summed E-state index contributed by atoms with van der Waals surface area (Å²) in [5.41, 5.74) is 1.49. The summed E-state index contributed by atoms with van der Waals surface area (Å²) in [7, 11) is 0. The minimum absolute atomic E-state index is 0.0363. The number of nitrogens with one attached hydrogen (secondary N) is 1. The molecular weight excluding hydrogens is 367 g/mol. The zero-order valence-corrected chi connectivity index (χ0v) is 16.8. The summed E-state index contributed by atoms with van der Waals surface area (Å²) < 4.78 is 37.9. The van der Waals surface area contributed by atoms with Gasteiger partial charge in [0.15, 0.2) is 0 Å². The van der Waals surface area contributed by atoms with Crippen molar-refractivity contribution in [2.75, 3.05) is 0 Å². The van der Waals surface area contributed by atoms with Gasteiger partial charge in [0, 0.05) is 6.04 Å². The van der Waals surface area contributed by atoms with Gasteiger partial charge in [-0.2, -0.15) is 13.2 Å². The van der Waals surface area contributed by atoms with Gasteiger partial charge in [-0.05, 0) is 85.9 Å². The van der Waals surface area contributed by atoms with Crippen molar-refractivity contribution in [3.8, 4) is 0 Å². The molecule has 0 saturated heterocycles. The third kappa shape index (κ3) is 2.93. The fourth-order valence-corrected chi connectivity index (χ4v) is 7.53. The molecule has 4 rings (SSSR count). The number of hydrogen-bond acceptors (Lipinski definition) is 2. The van der Waals surface area contributed by atoms with Gasteiger partial charge in [-0.15, -0.1) is 0 Å². The van der Waals surface area contributed by atoms with Gasteiger partial charge in [-0.3, -0.25) is 4.79 Å². The molecule has 0 aromatic carbocycles. The number of aliphatic hydroxyl groups excluding tert-OH is 1. The highest BCUT2D eigenvalue weighted by molar-refractivity contribution is 5.81. The highest BCUT2D eigenvalue weighted by atomic mass is 19.4. The molecule has 0 bridgehead atoms. The second-order valence-corrected chi connectivity index (χ2v) is 10.3. The molecule has 1 amide bonds. The van der Waals surface area contributed by atoms with Crippen LogP contribution < -0.4 is 5.32 Å². The minimum atomic E-state index is -4.84. The van der Waals surface area contributed by atoms with Gasteiger partial charge in [0.2, 0.25) is 0 Å². The van der Waals surface area contributed by atoms with E-state index in [1.165, 1.54) is 5.57 Å². The molecule has 4 saturated carbocycles. The van der Waals surface area contributed by atoms with Crippen LogP contribution in [0.1, 0.15) is 65.2 Å². The van der Waals surface area contributed by atoms with Crippen molar-refractivity contribution in [3.05, 3.63) is 12.2 Å². The predicted octanol–water partition coefficient (Wildman–Crippen LogP) is 4.60. The molecule has 6 heteroatoms. The Balaban J connectivity index is 1.53. The lowest BCUT2D eigenvalue weighted by atomic mass is 9.44. The minimum Gasteiger partial charge on any atom is -0.393 e. The summed E-state index contributed by atoms with van der Waals surface area (Å²) in [6, 6.07) is -0.448. The Morgan fingerprint density at radius 3 is 2.54 bits per heavy atom. The van der Waals surface area contributed by atoms with Gasteiger partial charge in [0.25, 0.3) is 0 Å². The van der Waals surface area contributed by atoms with Gasteiger partial charge in [0.05, 0.1) is 6.10 Å². The van der Waals surface area contributed by atoms with Crippen LogP contribution >= 0.6 is 0 Å². The van der Waals surface area contributed by atoms with E-state index in [-0.39, 0.29) is 22.7 Å². The quantitative estimate of drug-likeness (QED) is 0.633. The Morgan fingerprint density at radius 1 is 1.14 bits per heavy atom. The van der Waals surface area contributed by atoms with E-state index in [2.05, 4.69) is 25.7 Å². The number of carbonyl (C=O) groups excluding carboxylic acids is 1. The van der Waals surface area contributed by atoms with Crippen LogP contribution in [0.4, 0.5) is 13.2 Å². The normalized spacial score (nSPS) is 48.4. The van der Waals surface area contributed by atoms with Gasteiger partial charge < -0.3 is 10.4 Å². The molecule has 3 nitrogen and oxygen atoms in total. The van der Waals surface area contributed by atoms with Crippen molar-refractivity contribution in [1.29, 1.82) is 0 Å². The molecule has 158 valence electrons. The lowest BCUT2D eigenvalue weighted by Gasteiger charge is -2.62. The molecule has 0 aliphatic heterocycles. The maximum atomic E-state index is 12.6. The zero-order chi connectivity index (χ0) is 20.5. The summed E-state index contributed by atoms with van der Waals surface area (Å²) in [4.78, 5) is 11.4. The lowest BCUT2D eigenvalue weighted by molar-refractivity contribution is -0.177. The summed E-state index contributed by atoms with van der Waals surface area (Å²) in [5.74, 6) is -0.544. The van der Waals surface area contributed by atoms with Gasteiger partial charge in [-0.1, -0.05) is 26.0 Å². The number of aliphatic hydroxyl groups is 1. The Bertz CT molecular complexity index is 677. The van der Waals surface area contributed by atoms with E-state index in [0.717, 1.165) is 32.1 Å². The summed E-state index contributed by atoms with van der Waals surface area (Å²) in [6.07, 6.45) is 1.62. The lowest BCUT2D eigenvalue weighted by Crippen LogP contribution is -2.59. The Morgan fingerprint density at radius 2 is 1.86 bits per heavy atom. The van der Waals surface area contributed by atoms with Crippen molar-refractivity contribution in [2.24, 2.45) is 34.5 Å². The van der Waals surface area contributed by atoms with E-state index in [9.17, 15) is 23.1 Å². The van der Waals surface area contributed by atoms with Crippen molar-refractivity contribution < 1.29 is 23.1 Å². The standard InChI is InChI=1S/C22H32F3NO2/c1-12-4-5-15-18-16(7-9-20(12,15)2)21(3)8-6-14(10-13(21)11-17(18)27)26-19(28)22(23,24)25/h13-18,27H,1,4-11H2,2-3H3,(H,26,28). The van der Waals surface area contributed by atoms with E-state index >= 15 is 0 Å². The van der Waals surface area contributed by atoms with Crippen LogP contribution in [0.15, 0.2) is 12.2 Å². The first-order chi connectivity index (χ1) is 13.0. The second kappa shape index (κ2) is 6.48. The van der Waals surface area contributed by atoms with E-state index in [1.807, 2.05) is 0 Å². The highest BCUT2D eigenvalue weighted by Crippen LogP contribution is 2.67. The van der Waals surface area contributed by atoms with Gasteiger partial charge in [0.1, 0.15) is 0 Å². The number of carbonyl (C=O) groups is 1. The summed E-state index contributed by atoms with van der Waals surface area (Å²) >= 11 is 0. The van der Waals surface area contributed by atoms with Crippen LogP contribution in [0.3, 0.4) is 0 Å². The summed E-state index contributed by atoms with van der Waals surface area (Å²) in [6.45, 7) is 8.92. The van der Waals surface area contributed by atoms with E-state index < -0.39 is 24.2 Å². The number of hydrogen-bond donors (Lipinski definition) is 2. The van der Waals surface area contributed by atoms with E-state index in [1.54, 1.807) is 0 Å². The number of amides is 1. The monoisotopic (exact) mass is 399 g/mol. The SMILES string of the molecule is C=C1CCC2C3C(O)CC4CC(NC(=O)C(F)(F)F)CCC4(C)C3CCC12C. The highest BCUT2D eigenvalue weighted by Gasteiger charge is 2.61. The van der Waals surface area contributed by atoms with E-state index in [0.29, 0.717) is 31.1 Å². The first kappa shape index (κ1) is 20.2. The maximum Gasteiger partial charge on any atom is 0.471 e. The first-order valence-electron chi connectivity index (χ1n) is 10.7. The molecule has 2 N–H and O–H groups in total. The molecule has 8 unspecified atom stereocenters. The molecule has 4 aliphatic rings. The fraction of sp³-hybridized carbons (Fsp3) is 0.864. The van der Waals surface area contributed by atoms with Crippen molar-refractivity contribution in [2.45, 2.75) is 83.5 Å². The fourth-order valence-electron chi connectivity index (χ4n) is 7.53. The number of rotatable bonds is 1. The Labute approximate surface area is 165 Å². The van der Waals surface area contributed by atoms with Crippen molar-refractivity contribution in [1.82, 2.24) is 5.32 Å². The third-order valence-corrected chi connectivity index (χ3v) is 9.23. The van der Waals surface area contributed by atoms with Gasteiger partial charge >= 0.3 is 12.1 Å². The van der Waals surface area contributed by atoms with Crippen molar-refractivity contribution >= 4 is 5.91 Å². The molecule has 0 spiro atoms. The molecular formula is C22H32F3NO2. The van der Waals surface area contributed by atoms with Crippen LogP contribution in [0.5, 0.6) is 0 Å². The number of halogens is 3. The van der Waals surface area contributed by atoms with E-state index in [4.69, 9.17) is 0 Å². The van der Waals surface area contributed by atoms with Crippen LogP contribution in [0, 0.1) is 34.5 Å². The summed E-state index contributed by atoms with van der Waals surface area (Å²) in [5, 5.41) is 13.3. The average Bonchev–Trinajstić information content (AvgIpc) is 2.91. The van der Waals surface area contributed by atoms with Crippen molar-refractivity contribution in [3.63, 3.8) is 0 Å². The smallest absolute Gasteiger partial charge is 0.393 e. The number of alkyl halides is 3. The molecule has 0 aromatic heterocycles. The zero-order valence-electron chi connectivity index (χ0n) is 16.8. The molecule has 0 aromatic rings. The number of allylic oxidation sites excluding steroid dienone is 1. The molecule has 8 atom stereocenters.